The zero-order chi connectivity index (χ0) is 24.1. The number of fused-ring (bicyclic) bond motifs is 1. The van der Waals surface area contributed by atoms with Crippen LogP contribution in [0, 0.1) is 5.82 Å². The highest BCUT2D eigenvalue weighted by atomic mass is 19.1. The molecular weight excluding hydrogens is 439 g/mol. The summed E-state index contributed by atoms with van der Waals surface area (Å²) in [4.78, 5) is 29.2. The average Bonchev–Trinajstić information content (AvgIpc) is 2.88. The Bertz CT molecular complexity index is 1350. The number of halogens is 1. The molecule has 1 amide bonds. The van der Waals surface area contributed by atoms with E-state index >= 15 is 0 Å². The summed E-state index contributed by atoms with van der Waals surface area (Å²) in [7, 11) is 4.54. The van der Waals surface area contributed by atoms with E-state index in [1.165, 1.54) is 20.5 Å². The van der Waals surface area contributed by atoms with E-state index < -0.39 is 11.7 Å². The number of benzene rings is 1. The number of anilines is 1. The van der Waals surface area contributed by atoms with Gasteiger partial charge in [0.2, 0.25) is 0 Å². The van der Waals surface area contributed by atoms with Crippen LogP contribution in [-0.2, 0) is 6.42 Å². The van der Waals surface area contributed by atoms with Gasteiger partial charge in [-0.2, -0.15) is 0 Å². The van der Waals surface area contributed by atoms with Gasteiger partial charge in [-0.3, -0.25) is 9.78 Å². The van der Waals surface area contributed by atoms with E-state index in [9.17, 15) is 9.18 Å². The lowest BCUT2D eigenvalue weighted by atomic mass is 10.0. The van der Waals surface area contributed by atoms with Crippen LogP contribution in [0.25, 0.3) is 22.2 Å². The third-order valence-electron chi connectivity index (χ3n) is 5.28. The molecule has 0 atom stereocenters. The van der Waals surface area contributed by atoms with Crippen molar-refractivity contribution in [1.82, 2.24) is 25.3 Å². The van der Waals surface area contributed by atoms with Gasteiger partial charge < -0.3 is 20.1 Å². The molecule has 0 fully saturated rings. The van der Waals surface area contributed by atoms with Gasteiger partial charge in [-0.1, -0.05) is 18.2 Å². The topological polar surface area (TPSA) is 111 Å². The molecule has 1 aromatic carbocycles. The van der Waals surface area contributed by atoms with Gasteiger partial charge in [0.05, 0.1) is 37.2 Å². The van der Waals surface area contributed by atoms with Gasteiger partial charge in [-0.15, -0.1) is 0 Å². The summed E-state index contributed by atoms with van der Waals surface area (Å²) in [6, 6.07) is 8.99. The van der Waals surface area contributed by atoms with E-state index in [1.54, 1.807) is 31.5 Å². The lowest BCUT2D eigenvalue weighted by Crippen LogP contribution is -2.20. The van der Waals surface area contributed by atoms with E-state index in [-0.39, 0.29) is 5.56 Å². The number of aromatic nitrogens is 4. The average molecular weight is 462 g/mol. The third kappa shape index (κ3) is 4.56. The first kappa shape index (κ1) is 22.8. The van der Waals surface area contributed by atoms with Gasteiger partial charge in [-0.05, 0) is 18.1 Å². The molecule has 3 heterocycles. The zero-order valence-corrected chi connectivity index (χ0v) is 18.9. The predicted molar refractivity (Wildman–Crippen MR) is 126 cm³/mol. The molecule has 4 rings (SSSR count). The van der Waals surface area contributed by atoms with Crippen LogP contribution in [0.15, 0.2) is 49.1 Å². The number of carbonyl (C=O) groups is 1. The minimum atomic E-state index is -0.653. The van der Waals surface area contributed by atoms with Gasteiger partial charge in [0.15, 0.2) is 11.6 Å². The fraction of sp³-hybridized carbons (Fsp3) is 0.208. The number of carbonyl (C=O) groups excluding carboxylic acids is 1. The normalized spacial score (nSPS) is 10.7. The fourth-order valence-corrected chi connectivity index (χ4v) is 3.63. The summed E-state index contributed by atoms with van der Waals surface area (Å²) in [5.74, 6) is 0.384. The molecular formula is C24H23FN6O3. The molecule has 34 heavy (non-hydrogen) atoms. The van der Waals surface area contributed by atoms with Crippen molar-refractivity contribution in [2.75, 3.05) is 33.1 Å². The van der Waals surface area contributed by atoms with Gasteiger partial charge in [-0.25, -0.2) is 19.3 Å². The molecule has 10 heteroatoms. The highest BCUT2D eigenvalue weighted by Gasteiger charge is 2.17. The monoisotopic (exact) mass is 462 g/mol. The van der Waals surface area contributed by atoms with E-state index in [0.29, 0.717) is 47.0 Å². The molecule has 0 aliphatic heterocycles. The maximum absolute atomic E-state index is 14.3. The van der Waals surface area contributed by atoms with E-state index in [0.717, 1.165) is 17.3 Å². The molecule has 2 N–H and O–H groups in total. The molecule has 0 saturated heterocycles. The van der Waals surface area contributed by atoms with Crippen LogP contribution in [-0.4, -0.2) is 53.7 Å². The van der Waals surface area contributed by atoms with Crippen LogP contribution in [0.5, 0.6) is 11.6 Å². The Morgan fingerprint density at radius 2 is 1.91 bits per heavy atom. The third-order valence-corrected chi connectivity index (χ3v) is 5.28. The number of hydrogen-bond acceptors (Lipinski definition) is 8. The van der Waals surface area contributed by atoms with Gasteiger partial charge >= 0.3 is 0 Å². The molecule has 0 bridgehead atoms. The number of nitrogens with zero attached hydrogens (tertiary/aromatic N) is 4. The molecule has 3 aromatic heterocycles. The summed E-state index contributed by atoms with van der Waals surface area (Å²) in [5.41, 5.74) is 2.89. The Morgan fingerprint density at radius 1 is 1.06 bits per heavy atom. The Balaban J connectivity index is 1.52. The van der Waals surface area contributed by atoms with Gasteiger partial charge in [0.1, 0.15) is 12.1 Å². The second kappa shape index (κ2) is 10.1. The van der Waals surface area contributed by atoms with Crippen LogP contribution in [0.2, 0.25) is 0 Å². The van der Waals surface area contributed by atoms with E-state index in [4.69, 9.17) is 9.47 Å². The number of methoxy groups -OCH3 is 2. The summed E-state index contributed by atoms with van der Waals surface area (Å²) < 4.78 is 24.8. The van der Waals surface area contributed by atoms with Crippen molar-refractivity contribution in [2.24, 2.45) is 0 Å². The van der Waals surface area contributed by atoms with Crippen molar-refractivity contribution in [2.45, 2.75) is 6.42 Å². The van der Waals surface area contributed by atoms with Gasteiger partial charge in [0, 0.05) is 36.8 Å². The van der Waals surface area contributed by atoms with Crippen molar-refractivity contribution >= 4 is 22.6 Å². The molecule has 0 aliphatic rings. The molecule has 0 radical (unpaired) electrons. The number of rotatable bonds is 8. The largest absolute Gasteiger partial charge is 0.491 e. The maximum atomic E-state index is 14.3. The molecule has 0 spiro atoms. The molecule has 0 unspecified atom stereocenters. The molecule has 9 nitrogen and oxygen atoms in total. The highest BCUT2D eigenvalue weighted by Crippen LogP contribution is 2.29. The van der Waals surface area contributed by atoms with E-state index in [1.807, 2.05) is 12.1 Å². The van der Waals surface area contributed by atoms with Crippen molar-refractivity contribution in [3.63, 3.8) is 0 Å². The van der Waals surface area contributed by atoms with Crippen molar-refractivity contribution in [3.8, 4) is 22.9 Å². The number of hydrogen-bond donors (Lipinski definition) is 2. The molecule has 0 aliphatic carbocycles. The van der Waals surface area contributed by atoms with Crippen molar-refractivity contribution in [3.05, 3.63) is 66.0 Å². The Hall–Kier alpha value is -4.34. The van der Waals surface area contributed by atoms with Crippen LogP contribution >= 0.6 is 0 Å². The summed E-state index contributed by atoms with van der Waals surface area (Å²) in [5, 5.41) is 6.22. The number of ether oxygens (including phenoxy) is 2. The minimum Gasteiger partial charge on any atom is -0.491 e. The zero-order valence-electron chi connectivity index (χ0n) is 18.9. The van der Waals surface area contributed by atoms with Gasteiger partial charge in [0.25, 0.3) is 11.8 Å². The Labute approximate surface area is 195 Å². The molecule has 0 saturated carbocycles. The summed E-state index contributed by atoms with van der Waals surface area (Å²) in [6.07, 6.45) is 4.78. The Kier molecular flexibility index (Phi) is 6.77. The first-order valence-electron chi connectivity index (χ1n) is 10.5. The number of pyridine rings is 2. The van der Waals surface area contributed by atoms with Crippen LogP contribution < -0.4 is 20.1 Å². The fourth-order valence-electron chi connectivity index (χ4n) is 3.63. The number of nitrogens with one attached hydrogen (secondary N) is 2. The van der Waals surface area contributed by atoms with Crippen molar-refractivity contribution in [1.29, 1.82) is 0 Å². The van der Waals surface area contributed by atoms with Crippen LogP contribution in [0.1, 0.15) is 15.9 Å². The van der Waals surface area contributed by atoms with Crippen LogP contribution in [0.4, 0.5) is 10.2 Å². The highest BCUT2D eigenvalue weighted by molar-refractivity contribution is 6.06. The Morgan fingerprint density at radius 3 is 2.68 bits per heavy atom. The second-order valence-electron chi connectivity index (χ2n) is 7.27. The smallest absolute Gasteiger partial charge is 0.256 e. The lowest BCUT2D eigenvalue weighted by molar-refractivity contribution is 0.0960. The number of para-hydroxylation sites is 1. The minimum absolute atomic E-state index is 0.00807. The SMILES string of the molecule is CNC(=O)c1c(F)cnc2c(CCNc3cc(-c4cnc(OC)c(OC)c4)ncn3)cccc12. The second-order valence-corrected chi connectivity index (χ2v) is 7.27. The van der Waals surface area contributed by atoms with Crippen LogP contribution in [0.3, 0.4) is 0 Å². The first-order valence-corrected chi connectivity index (χ1v) is 10.5. The standard InChI is InChI=1S/C24H23FN6O3/c1-26-23(32)21-16-6-4-5-14(22(16)28-12-17(21)25)7-8-27-20-10-18(30-13-31-20)15-9-19(33-2)24(34-3)29-11-15/h4-6,9-13H,7-8H2,1-3H3,(H,26,32)(H,27,30,31). The van der Waals surface area contributed by atoms with E-state index in [2.05, 4.69) is 30.6 Å². The molecule has 4 aromatic rings. The predicted octanol–water partition coefficient (Wildman–Crippen LogP) is 3.26. The maximum Gasteiger partial charge on any atom is 0.256 e. The lowest BCUT2D eigenvalue weighted by Gasteiger charge is -2.11. The summed E-state index contributed by atoms with van der Waals surface area (Å²) in [6.45, 7) is 0.536. The number of amides is 1. The molecule has 174 valence electrons. The van der Waals surface area contributed by atoms with Crippen molar-refractivity contribution < 1.29 is 18.7 Å². The quantitative estimate of drug-likeness (QED) is 0.411. The first-order chi connectivity index (χ1) is 16.5. The summed E-state index contributed by atoms with van der Waals surface area (Å²) >= 11 is 0.